The topological polar surface area (TPSA) is 69.7 Å². The van der Waals surface area contributed by atoms with Crippen LogP contribution in [-0.2, 0) is 9.59 Å². The molecule has 0 aromatic heterocycles. The van der Waals surface area contributed by atoms with Gasteiger partial charge in [0.15, 0.2) is 0 Å². The van der Waals surface area contributed by atoms with Crippen LogP contribution in [0.3, 0.4) is 0 Å². The minimum absolute atomic E-state index is 0.0612. The molecule has 2 aliphatic heterocycles. The summed E-state index contributed by atoms with van der Waals surface area (Å²) in [7, 11) is 1.89. The van der Waals surface area contributed by atoms with Gasteiger partial charge in [-0.2, -0.15) is 0 Å². The Kier molecular flexibility index (Phi) is 7.06. The molecule has 0 spiro atoms. The zero-order valence-corrected chi connectivity index (χ0v) is 20.3. The van der Waals surface area contributed by atoms with E-state index < -0.39 is 5.91 Å². The molecular weight excluding hydrogens is 434 g/mol. The number of thioether (sulfide) groups is 1. The molecule has 1 aromatic rings. The molecule has 0 radical (unpaired) electrons. The van der Waals surface area contributed by atoms with Crippen molar-refractivity contribution < 1.29 is 14.4 Å². The van der Waals surface area contributed by atoms with Gasteiger partial charge in [-0.25, -0.2) is 0 Å². The van der Waals surface area contributed by atoms with Crippen molar-refractivity contribution in [2.75, 3.05) is 25.0 Å². The molecule has 3 amide bonds. The Bertz CT molecular complexity index is 925. The van der Waals surface area contributed by atoms with E-state index in [2.05, 4.69) is 37.9 Å². The highest BCUT2D eigenvalue weighted by Gasteiger charge is 2.34. The van der Waals surface area contributed by atoms with E-state index in [9.17, 15) is 14.4 Å². The number of amides is 3. The van der Waals surface area contributed by atoms with Crippen LogP contribution in [0.15, 0.2) is 23.1 Å². The number of para-hydroxylation sites is 1. The zero-order chi connectivity index (χ0) is 22.9. The van der Waals surface area contributed by atoms with Gasteiger partial charge in [0, 0.05) is 32.1 Å². The third-order valence-electron chi connectivity index (χ3n) is 5.75. The number of hydrogen-bond acceptors (Lipinski definition) is 5. The van der Waals surface area contributed by atoms with Crippen LogP contribution in [-0.4, -0.2) is 48.1 Å². The number of carbonyl (C=O) groups is 3. The van der Waals surface area contributed by atoms with Crippen molar-refractivity contribution in [2.24, 2.45) is 11.3 Å². The van der Waals surface area contributed by atoms with E-state index in [0.717, 1.165) is 36.0 Å². The number of rotatable bonds is 4. The first-order valence-electron chi connectivity index (χ1n) is 10.5. The molecule has 1 N–H and O–H groups in total. The number of benzene rings is 1. The maximum atomic E-state index is 12.9. The summed E-state index contributed by atoms with van der Waals surface area (Å²) in [5, 5.41) is 2.50. The largest absolute Gasteiger partial charge is 0.368 e. The summed E-state index contributed by atoms with van der Waals surface area (Å²) < 4.78 is 0. The standard InChI is InChI=1S/C23H30ClN3O3S/c1-14-9-10-27(13-17(14)26(5)19(28)12-23(2,3)4)20-15(7-6-8-16(20)24)11-18-21(29)25-22(30)31-18/h6-8,11,14,17H,9-10,12-13H2,1-5H3,(H,25,29,30)/b18-11-. The van der Waals surface area contributed by atoms with E-state index in [1.54, 1.807) is 6.08 Å². The highest BCUT2D eigenvalue weighted by molar-refractivity contribution is 8.18. The minimum Gasteiger partial charge on any atom is -0.368 e. The molecule has 2 aliphatic rings. The number of nitrogens with one attached hydrogen (secondary N) is 1. The van der Waals surface area contributed by atoms with Gasteiger partial charge in [-0.05, 0) is 41.7 Å². The van der Waals surface area contributed by atoms with E-state index >= 15 is 0 Å². The normalized spacial score (nSPS) is 23.3. The summed E-state index contributed by atoms with van der Waals surface area (Å²) >= 11 is 7.49. The smallest absolute Gasteiger partial charge is 0.290 e. The lowest BCUT2D eigenvalue weighted by Gasteiger charge is -2.43. The maximum Gasteiger partial charge on any atom is 0.290 e. The van der Waals surface area contributed by atoms with Crippen molar-refractivity contribution in [3.63, 3.8) is 0 Å². The molecule has 6 nitrogen and oxygen atoms in total. The lowest BCUT2D eigenvalue weighted by molar-refractivity contribution is -0.135. The highest BCUT2D eigenvalue weighted by atomic mass is 35.5. The summed E-state index contributed by atoms with van der Waals surface area (Å²) in [6, 6.07) is 5.62. The molecular formula is C23H30ClN3O3S. The molecule has 0 bridgehead atoms. The Morgan fingerprint density at radius 1 is 1.35 bits per heavy atom. The molecule has 0 saturated carbocycles. The first kappa shape index (κ1) is 23.7. The first-order valence-corrected chi connectivity index (χ1v) is 11.7. The molecule has 2 unspecified atom stereocenters. The summed E-state index contributed by atoms with van der Waals surface area (Å²) in [6.45, 7) is 9.86. The second-order valence-corrected chi connectivity index (χ2v) is 11.0. The van der Waals surface area contributed by atoms with Gasteiger partial charge in [0.2, 0.25) is 5.91 Å². The lowest BCUT2D eigenvalue weighted by Crippen LogP contribution is -2.53. The van der Waals surface area contributed by atoms with Crippen molar-refractivity contribution in [1.82, 2.24) is 10.2 Å². The Labute approximate surface area is 193 Å². The Balaban J connectivity index is 1.88. The summed E-state index contributed by atoms with van der Waals surface area (Å²) in [5.74, 6) is 0.118. The van der Waals surface area contributed by atoms with Gasteiger partial charge in [-0.3, -0.25) is 19.7 Å². The highest BCUT2D eigenvalue weighted by Crippen LogP contribution is 2.37. The van der Waals surface area contributed by atoms with Gasteiger partial charge >= 0.3 is 0 Å². The van der Waals surface area contributed by atoms with E-state index in [-0.39, 0.29) is 22.6 Å². The average Bonchev–Trinajstić information content (AvgIpc) is 2.97. The summed E-state index contributed by atoms with van der Waals surface area (Å²) in [4.78, 5) is 40.9. The summed E-state index contributed by atoms with van der Waals surface area (Å²) in [5.41, 5.74) is 1.55. The number of nitrogens with zero attached hydrogens (tertiary/aromatic N) is 2. The number of halogens is 1. The monoisotopic (exact) mass is 463 g/mol. The fourth-order valence-corrected chi connectivity index (χ4v) is 5.04. The van der Waals surface area contributed by atoms with E-state index in [0.29, 0.717) is 28.8 Å². The predicted molar refractivity (Wildman–Crippen MR) is 127 cm³/mol. The Morgan fingerprint density at radius 2 is 2.06 bits per heavy atom. The van der Waals surface area contributed by atoms with Crippen LogP contribution in [0, 0.1) is 11.3 Å². The Hall–Kier alpha value is -1.99. The van der Waals surface area contributed by atoms with Crippen LogP contribution < -0.4 is 10.2 Å². The quantitative estimate of drug-likeness (QED) is 0.651. The lowest BCUT2D eigenvalue weighted by atomic mass is 9.88. The molecule has 0 aliphatic carbocycles. The molecule has 2 heterocycles. The van der Waals surface area contributed by atoms with E-state index in [1.807, 2.05) is 30.1 Å². The van der Waals surface area contributed by atoms with Crippen LogP contribution in [0.1, 0.15) is 46.1 Å². The molecule has 168 valence electrons. The molecule has 1 aromatic carbocycles. The van der Waals surface area contributed by atoms with Gasteiger partial charge in [-0.15, -0.1) is 0 Å². The number of piperidine rings is 1. The van der Waals surface area contributed by atoms with Gasteiger partial charge in [0.1, 0.15) is 0 Å². The van der Waals surface area contributed by atoms with Crippen LogP contribution in [0.4, 0.5) is 10.5 Å². The second-order valence-electron chi connectivity index (χ2n) is 9.55. The van der Waals surface area contributed by atoms with E-state index in [4.69, 9.17) is 11.6 Å². The van der Waals surface area contributed by atoms with Crippen LogP contribution in [0.2, 0.25) is 5.02 Å². The fraction of sp³-hybridized carbons (Fsp3) is 0.522. The SMILES string of the molecule is CC1CCN(c2c(Cl)cccc2/C=C2\SC(=O)NC2=O)CC1N(C)C(=O)CC(C)(C)C. The third-order valence-corrected chi connectivity index (χ3v) is 6.87. The molecule has 2 atom stereocenters. The molecule has 2 fully saturated rings. The predicted octanol–water partition coefficient (Wildman–Crippen LogP) is 4.77. The number of carbonyl (C=O) groups excluding carboxylic acids is 3. The maximum absolute atomic E-state index is 12.9. The summed E-state index contributed by atoms with van der Waals surface area (Å²) in [6.07, 6.45) is 3.14. The van der Waals surface area contributed by atoms with Crippen LogP contribution in [0.5, 0.6) is 0 Å². The van der Waals surface area contributed by atoms with E-state index in [1.165, 1.54) is 0 Å². The minimum atomic E-state index is -0.390. The van der Waals surface area contributed by atoms with Crippen molar-refractivity contribution >= 4 is 52.2 Å². The van der Waals surface area contributed by atoms with Gasteiger partial charge in [0.25, 0.3) is 11.1 Å². The third kappa shape index (κ3) is 5.63. The number of hydrogen-bond donors (Lipinski definition) is 1. The number of anilines is 1. The van der Waals surface area contributed by atoms with Crippen LogP contribution >= 0.6 is 23.4 Å². The van der Waals surface area contributed by atoms with Gasteiger partial charge < -0.3 is 9.80 Å². The molecule has 2 saturated heterocycles. The van der Waals surface area contributed by atoms with Crippen molar-refractivity contribution in [2.45, 2.75) is 46.6 Å². The number of imide groups is 1. The van der Waals surface area contributed by atoms with Crippen LogP contribution in [0.25, 0.3) is 6.08 Å². The van der Waals surface area contributed by atoms with Gasteiger partial charge in [0.05, 0.1) is 21.7 Å². The fourth-order valence-electron chi connectivity index (χ4n) is 4.06. The van der Waals surface area contributed by atoms with Gasteiger partial charge in [-0.1, -0.05) is 51.4 Å². The van der Waals surface area contributed by atoms with Crippen molar-refractivity contribution in [3.05, 3.63) is 33.7 Å². The second kappa shape index (κ2) is 9.25. The molecule has 31 heavy (non-hydrogen) atoms. The molecule has 3 rings (SSSR count). The molecule has 8 heteroatoms. The van der Waals surface area contributed by atoms with Crippen molar-refractivity contribution in [3.8, 4) is 0 Å². The average molecular weight is 464 g/mol. The first-order chi connectivity index (χ1) is 14.5. The zero-order valence-electron chi connectivity index (χ0n) is 18.7. The van der Waals surface area contributed by atoms with Crippen molar-refractivity contribution in [1.29, 1.82) is 0 Å². The Morgan fingerprint density at radius 3 is 2.68 bits per heavy atom. The number of likely N-dealkylation sites (N-methyl/N-ethyl adjacent to an activating group) is 1.